The monoisotopic (exact) mass is 240 g/mol. The van der Waals surface area contributed by atoms with Crippen LogP contribution in [0.1, 0.15) is 44.9 Å². The van der Waals surface area contributed by atoms with Crippen LogP contribution in [0, 0.1) is 5.92 Å². The van der Waals surface area contributed by atoms with E-state index in [9.17, 15) is 9.90 Å². The van der Waals surface area contributed by atoms with E-state index in [1.807, 2.05) is 7.05 Å². The first-order valence-electron chi connectivity index (χ1n) is 6.81. The maximum atomic E-state index is 12.3. The van der Waals surface area contributed by atoms with E-state index >= 15 is 0 Å². The largest absolute Gasteiger partial charge is 0.391 e. The first-order valence-corrected chi connectivity index (χ1v) is 6.81. The Morgan fingerprint density at radius 3 is 2.47 bits per heavy atom. The molecule has 2 aliphatic rings. The van der Waals surface area contributed by atoms with Crippen LogP contribution in [0.4, 0.5) is 0 Å². The molecule has 2 rings (SSSR count). The highest BCUT2D eigenvalue weighted by Crippen LogP contribution is 2.29. The summed E-state index contributed by atoms with van der Waals surface area (Å²) in [7, 11) is 1.83. The van der Waals surface area contributed by atoms with Gasteiger partial charge in [0.2, 0.25) is 5.91 Å². The summed E-state index contributed by atoms with van der Waals surface area (Å²) in [4.78, 5) is 14.1. The molecule has 4 nitrogen and oxygen atoms in total. The van der Waals surface area contributed by atoms with Gasteiger partial charge < -0.3 is 15.7 Å². The van der Waals surface area contributed by atoms with Gasteiger partial charge in [-0.25, -0.2) is 0 Å². The zero-order chi connectivity index (χ0) is 12.4. The van der Waals surface area contributed by atoms with Gasteiger partial charge >= 0.3 is 0 Å². The number of aliphatic hydroxyl groups is 1. The highest BCUT2D eigenvalue weighted by molar-refractivity contribution is 5.80. The lowest BCUT2D eigenvalue weighted by molar-refractivity contribution is -0.140. The summed E-state index contributed by atoms with van der Waals surface area (Å²) in [5.41, 5.74) is 5.97. The summed E-state index contributed by atoms with van der Waals surface area (Å²) < 4.78 is 0. The van der Waals surface area contributed by atoms with Crippen molar-refractivity contribution in [1.82, 2.24) is 4.90 Å². The molecule has 2 fully saturated rings. The van der Waals surface area contributed by atoms with Crippen LogP contribution in [0.25, 0.3) is 0 Å². The van der Waals surface area contributed by atoms with E-state index in [-0.39, 0.29) is 30.0 Å². The van der Waals surface area contributed by atoms with Crippen LogP contribution in [0.15, 0.2) is 0 Å². The fourth-order valence-electron chi connectivity index (χ4n) is 3.26. The minimum Gasteiger partial charge on any atom is -0.391 e. The molecular formula is C13H24N2O2. The van der Waals surface area contributed by atoms with Crippen LogP contribution in [-0.4, -0.2) is 41.1 Å². The summed E-state index contributed by atoms with van der Waals surface area (Å²) in [6.45, 7) is 0. The summed E-state index contributed by atoms with van der Waals surface area (Å²) in [5.74, 6) is 0.120. The van der Waals surface area contributed by atoms with E-state index in [4.69, 9.17) is 5.73 Å². The normalized spacial score (nSPS) is 38.1. The van der Waals surface area contributed by atoms with Gasteiger partial charge in [0.05, 0.1) is 18.1 Å². The summed E-state index contributed by atoms with van der Waals surface area (Å²) >= 11 is 0. The molecule has 0 saturated heterocycles. The van der Waals surface area contributed by atoms with Gasteiger partial charge in [0, 0.05) is 13.1 Å². The topological polar surface area (TPSA) is 66.6 Å². The van der Waals surface area contributed by atoms with Crippen LogP contribution in [0.3, 0.4) is 0 Å². The van der Waals surface area contributed by atoms with Crippen molar-refractivity contribution in [2.45, 2.75) is 63.1 Å². The lowest BCUT2D eigenvalue weighted by Crippen LogP contribution is -2.50. The first-order chi connectivity index (χ1) is 8.11. The Bertz CT molecular complexity index is 283. The van der Waals surface area contributed by atoms with E-state index in [2.05, 4.69) is 0 Å². The fraction of sp³-hybridized carbons (Fsp3) is 0.923. The van der Waals surface area contributed by atoms with Crippen LogP contribution in [0.5, 0.6) is 0 Å². The van der Waals surface area contributed by atoms with E-state index in [0.29, 0.717) is 0 Å². The van der Waals surface area contributed by atoms with Gasteiger partial charge in [-0.1, -0.05) is 19.3 Å². The molecule has 3 N–H and O–H groups in total. The molecule has 0 aliphatic heterocycles. The van der Waals surface area contributed by atoms with Crippen molar-refractivity contribution in [3.63, 3.8) is 0 Å². The Labute approximate surface area is 103 Å². The Balaban J connectivity index is 1.98. The van der Waals surface area contributed by atoms with Crippen LogP contribution >= 0.6 is 0 Å². The highest BCUT2D eigenvalue weighted by atomic mass is 16.3. The van der Waals surface area contributed by atoms with Crippen molar-refractivity contribution in [2.24, 2.45) is 11.7 Å². The molecule has 0 spiro atoms. The van der Waals surface area contributed by atoms with Gasteiger partial charge in [0.15, 0.2) is 0 Å². The van der Waals surface area contributed by atoms with Crippen LogP contribution < -0.4 is 5.73 Å². The second kappa shape index (κ2) is 5.36. The highest BCUT2D eigenvalue weighted by Gasteiger charge is 2.36. The third kappa shape index (κ3) is 2.63. The molecule has 98 valence electrons. The number of amides is 1. The Morgan fingerprint density at radius 2 is 1.88 bits per heavy atom. The predicted molar refractivity (Wildman–Crippen MR) is 66.3 cm³/mol. The van der Waals surface area contributed by atoms with Gasteiger partial charge in [-0.15, -0.1) is 0 Å². The van der Waals surface area contributed by atoms with E-state index in [0.717, 1.165) is 44.9 Å². The minimum absolute atomic E-state index is 0.00375. The van der Waals surface area contributed by atoms with Crippen LogP contribution in [0.2, 0.25) is 0 Å². The van der Waals surface area contributed by atoms with Crippen molar-refractivity contribution >= 4 is 5.91 Å². The Hall–Kier alpha value is -0.610. The summed E-state index contributed by atoms with van der Waals surface area (Å²) in [6, 6.07) is 0.0229. The van der Waals surface area contributed by atoms with Crippen LogP contribution in [-0.2, 0) is 4.79 Å². The third-order valence-electron chi connectivity index (χ3n) is 4.43. The van der Waals surface area contributed by atoms with E-state index in [1.165, 1.54) is 0 Å². The average molecular weight is 240 g/mol. The van der Waals surface area contributed by atoms with E-state index in [1.54, 1.807) is 4.90 Å². The number of rotatable bonds is 2. The molecule has 2 aliphatic carbocycles. The third-order valence-corrected chi connectivity index (χ3v) is 4.43. The zero-order valence-electron chi connectivity index (χ0n) is 10.6. The molecule has 4 atom stereocenters. The van der Waals surface area contributed by atoms with Crippen molar-refractivity contribution in [2.75, 3.05) is 7.05 Å². The average Bonchev–Trinajstić information content (AvgIpc) is 2.74. The molecule has 17 heavy (non-hydrogen) atoms. The number of nitrogens with two attached hydrogens (primary N) is 1. The minimum atomic E-state index is -0.352. The number of carbonyl (C=O) groups excluding carboxylic acids is 1. The number of carbonyl (C=O) groups is 1. The lowest BCUT2D eigenvalue weighted by Gasteiger charge is -2.37. The Morgan fingerprint density at radius 1 is 1.18 bits per heavy atom. The lowest BCUT2D eigenvalue weighted by atomic mass is 9.90. The second-order valence-electron chi connectivity index (χ2n) is 5.57. The van der Waals surface area contributed by atoms with E-state index < -0.39 is 0 Å². The van der Waals surface area contributed by atoms with Crippen molar-refractivity contribution in [3.05, 3.63) is 0 Å². The van der Waals surface area contributed by atoms with Gasteiger partial charge in [0.25, 0.3) is 0 Å². The fourth-order valence-corrected chi connectivity index (χ4v) is 3.26. The molecule has 0 aromatic carbocycles. The smallest absolute Gasteiger partial charge is 0.227 e. The first kappa shape index (κ1) is 12.8. The molecule has 4 heteroatoms. The molecule has 0 heterocycles. The van der Waals surface area contributed by atoms with Gasteiger partial charge in [-0.2, -0.15) is 0 Å². The number of hydrogen-bond donors (Lipinski definition) is 2. The standard InChI is InChI=1S/C13H24N2O2/c1-15(11-7-2-3-8-12(11)16)13(17)9-5-4-6-10(9)14/h9-12,16H,2-8,14H2,1H3. The zero-order valence-corrected chi connectivity index (χ0v) is 10.6. The maximum absolute atomic E-state index is 12.3. The molecule has 0 aromatic heterocycles. The Kier molecular flexibility index (Phi) is 4.05. The second-order valence-corrected chi connectivity index (χ2v) is 5.57. The molecule has 4 unspecified atom stereocenters. The molecule has 1 amide bonds. The van der Waals surface area contributed by atoms with Crippen molar-refractivity contribution in [3.8, 4) is 0 Å². The van der Waals surface area contributed by atoms with Gasteiger partial charge in [0.1, 0.15) is 0 Å². The van der Waals surface area contributed by atoms with Crippen molar-refractivity contribution in [1.29, 1.82) is 0 Å². The quantitative estimate of drug-likeness (QED) is 0.753. The molecule has 0 aromatic rings. The van der Waals surface area contributed by atoms with Crippen molar-refractivity contribution < 1.29 is 9.90 Å². The SMILES string of the molecule is CN(C(=O)C1CCCC1N)C1CCCCC1O. The molecule has 2 saturated carbocycles. The number of nitrogens with zero attached hydrogens (tertiary/aromatic N) is 1. The molecular weight excluding hydrogens is 216 g/mol. The summed E-state index contributed by atoms with van der Waals surface area (Å²) in [6.07, 6.45) is 6.49. The van der Waals surface area contributed by atoms with Gasteiger partial charge in [-0.05, 0) is 25.7 Å². The molecule has 0 bridgehead atoms. The molecule has 0 radical (unpaired) electrons. The van der Waals surface area contributed by atoms with Gasteiger partial charge in [-0.3, -0.25) is 4.79 Å². The number of hydrogen-bond acceptors (Lipinski definition) is 3. The predicted octanol–water partition coefficient (Wildman–Crippen LogP) is 0.876. The maximum Gasteiger partial charge on any atom is 0.227 e. The number of likely N-dealkylation sites (N-methyl/N-ethyl adjacent to an activating group) is 1. The number of aliphatic hydroxyl groups excluding tert-OH is 1. The summed E-state index contributed by atoms with van der Waals surface area (Å²) in [5, 5.41) is 9.97.